The van der Waals surface area contributed by atoms with Crippen LogP contribution in [0.4, 0.5) is 4.39 Å². The molecule has 0 aromatic heterocycles. The van der Waals surface area contributed by atoms with E-state index in [-0.39, 0.29) is 35.9 Å². The average molecular weight is 354 g/mol. The van der Waals surface area contributed by atoms with Crippen LogP contribution in [0.1, 0.15) is 38.1 Å². The Labute approximate surface area is 146 Å². The molecule has 5 nitrogen and oxygen atoms in total. The van der Waals surface area contributed by atoms with Crippen LogP contribution in [0.15, 0.2) is 23.1 Å². The smallest absolute Gasteiger partial charge is 0.239 e. The van der Waals surface area contributed by atoms with Crippen molar-refractivity contribution in [2.45, 2.75) is 38.6 Å². The molecule has 132 valence electrons. The molecule has 0 spiro atoms. The second kappa shape index (κ2) is 9.42. The molecule has 0 heterocycles. The summed E-state index contributed by atoms with van der Waals surface area (Å²) in [5.74, 6) is -1.17. The average Bonchev–Trinajstić information content (AvgIpc) is 2.50. The van der Waals surface area contributed by atoms with E-state index < -0.39 is 5.82 Å². The first-order valence-corrected chi connectivity index (χ1v) is 8.73. The predicted molar refractivity (Wildman–Crippen MR) is 92.7 cm³/mol. The number of benzene rings is 1. The number of carbonyl (C=O) groups is 3. The zero-order chi connectivity index (χ0) is 18.3. The third-order valence-electron chi connectivity index (χ3n) is 3.21. The molecule has 0 aliphatic heterocycles. The van der Waals surface area contributed by atoms with Gasteiger partial charge >= 0.3 is 0 Å². The second-order valence-corrected chi connectivity index (χ2v) is 6.64. The summed E-state index contributed by atoms with van der Waals surface area (Å²) < 4.78 is 13.9. The monoisotopic (exact) mass is 354 g/mol. The van der Waals surface area contributed by atoms with Crippen LogP contribution >= 0.6 is 11.8 Å². The van der Waals surface area contributed by atoms with Crippen molar-refractivity contribution < 1.29 is 18.8 Å². The van der Waals surface area contributed by atoms with Gasteiger partial charge in [-0.3, -0.25) is 14.4 Å². The maximum absolute atomic E-state index is 13.9. The highest BCUT2D eigenvalue weighted by molar-refractivity contribution is 8.00. The van der Waals surface area contributed by atoms with Gasteiger partial charge in [0.1, 0.15) is 5.82 Å². The van der Waals surface area contributed by atoms with Crippen molar-refractivity contribution in [1.82, 2.24) is 10.2 Å². The van der Waals surface area contributed by atoms with Gasteiger partial charge in [-0.2, -0.15) is 0 Å². The number of amides is 2. The molecule has 7 heteroatoms. The van der Waals surface area contributed by atoms with E-state index in [0.717, 1.165) is 11.8 Å². The highest BCUT2D eigenvalue weighted by Gasteiger charge is 2.17. The number of thioether (sulfide) groups is 1. The van der Waals surface area contributed by atoms with Crippen molar-refractivity contribution in [2.24, 2.45) is 0 Å². The van der Waals surface area contributed by atoms with E-state index in [2.05, 4.69) is 5.32 Å². The normalized spacial score (nSPS) is 10.6. The van der Waals surface area contributed by atoms with Crippen LogP contribution in [0.25, 0.3) is 0 Å². The van der Waals surface area contributed by atoms with Crippen LogP contribution in [0.2, 0.25) is 0 Å². The zero-order valence-corrected chi connectivity index (χ0v) is 15.2. The van der Waals surface area contributed by atoms with Crippen molar-refractivity contribution in [1.29, 1.82) is 0 Å². The minimum absolute atomic E-state index is 0.00886. The number of halogens is 1. The Morgan fingerprint density at radius 1 is 1.29 bits per heavy atom. The van der Waals surface area contributed by atoms with Crippen molar-refractivity contribution in [3.63, 3.8) is 0 Å². The third kappa shape index (κ3) is 6.31. The largest absolute Gasteiger partial charge is 0.352 e. The number of nitrogens with one attached hydrogen (secondary N) is 1. The Hall–Kier alpha value is -1.89. The standard InChI is InChI=1S/C17H23FN2O3S/c1-5-20(9-16(22)19-11(2)3)17(23)10-24-15-7-6-13(12(4)21)8-14(15)18/h6-8,11H,5,9-10H2,1-4H3,(H,19,22). The lowest BCUT2D eigenvalue weighted by Gasteiger charge is -2.21. The predicted octanol–water partition coefficient (Wildman–Crippen LogP) is 2.49. The summed E-state index contributed by atoms with van der Waals surface area (Å²) in [5.41, 5.74) is 0.295. The van der Waals surface area contributed by atoms with E-state index in [4.69, 9.17) is 0 Å². The zero-order valence-electron chi connectivity index (χ0n) is 14.4. The van der Waals surface area contributed by atoms with Gasteiger partial charge in [-0.15, -0.1) is 11.8 Å². The molecule has 0 fully saturated rings. The Morgan fingerprint density at radius 2 is 1.96 bits per heavy atom. The van der Waals surface area contributed by atoms with Crippen molar-refractivity contribution in [3.8, 4) is 0 Å². The summed E-state index contributed by atoms with van der Waals surface area (Å²) in [6.45, 7) is 7.23. The molecule has 24 heavy (non-hydrogen) atoms. The second-order valence-electron chi connectivity index (χ2n) is 5.62. The Bertz CT molecular complexity index is 620. The molecule has 1 aromatic rings. The summed E-state index contributed by atoms with van der Waals surface area (Å²) in [5, 5.41) is 2.73. The van der Waals surface area contributed by atoms with Gasteiger partial charge in [0.15, 0.2) is 5.78 Å². The van der Waals surface area contributed by atoms with Crippen LogP contribution < -0.4 is 5.32 Å². The number of likely N-dealkylation sites (N-methyl/N-ethyl adjacent to an activating group) is 1. The summed E-state index contributed by atoms with van der Waals surface area (Å²) in [6.07, 6.45) is 0. The van der Waals surface area contributed by atoms with Gasteiger partial charge in [-0.05, 0) is 39.8 Å². The van der Waals surface area contributed by atoms with E-state index >= 15 is 0 Å². The van der Waals surface area contributed by atoms with E-state index in [9.17, 15) is 18.8 Å². The minimum Gasteiger partial charge on any atom is -0.352 e. The van der Waals surface area contributed by atoms with Gasteiger partial charge in [0, 0.05) is 23.0 Å². The first kappa shape index (κ1) is 20.2. The molecular weight excluding hydrogens is 331 g/mol. The maximum Gasteiger partial charge on any atom is 0.239 e. The first-order chi connectivity index (χ1) is 11.2. The molecular formula is C17H23FN2O3S. The van der Waals surface area contributed by atoms with Crippen LogP contribution in [-0.4, -0.2) is 47.4 Å². The van der Waals surface area contributed by atoms with Crippen LogP contribution in [0, 0.1) is 5.82 Å². The van der Waals surface area contributed by atoms with Gasteiger partial charge in [-0.25, -0.2) is 4.39 Å². The molecule has 0 saturated heterocycles. The topological polar surface area (TPSA) is 66.5 Å². The highest BCUT2D eigenvalue weighted by Crippen LogP contribution is 2.23. The molecule has 0 bridgehead atoms. The van der Waals surface area contributed by atoms with E-state index in [1.54, 1.807) is 6.92 Å². The van der Waals surface area contributed by atoms with Gasteiger partial charge in [0.25, 0.3) is 0 Å². The van der Waals surface area contributed by atoms with Gasteiger partial charge < -0.3 is 10.2 Å². The fourth-order valence-corrected chi connectivity index (χ4v) is 2.81. The summed E-state index contributed by atoms with van der Waals surface area (Å²) in [4.78, 5) is 36.9. The van der Waals surface area contributed by atoms with Crippen molar-refractivity contribution >= 4 is 29.4 Å². The molecule has 1 aromatic carbocycles. The van der Waals surface area contributed by atoms with E-state index in [0.29, 0.717) is 17.0 Å². The van der Waals surface area contributed by atoms with E-state index in [1.807, 2.05) is 13.8 Å². The Kier molecular flexibility index (Phi) is 7.91. The van der Waals surface area contributed by atoms with Crippen LogP contribution in [-0.2, 0) is 9.59 Å². The van der Waals surface area contributed by atoms with Gasteiger partial charge in [0.2, 0.25) is 11.8 Å². The lowest BCUT2D eigenvalue weighted by atomic mass is 10.1. The number of hydrogen-bond acceptors (Lipinski definition) is 4. The SMILES string of the molecule is CCN(CC(=O)NC(C)C)C(=O)CSc1ccc(C(C)=O)cc1F. The fourth-order valence-electron chi connectivity index (χ4n) is 1.98. The number of carbonyl (C=O) groups excluding carboxylic acids is 3. The van der Waals surface area contributed by atoms with E-state index in [1.165, 1.54) is 30.0 Å². The van der Waals surface area contributed by atoms with Gasteiger partial charge in [-0.1, -0.05) is 6.07 Å². The summed E-state index contributed by atoms with van der Waals surface area (Å²) >= 11 is 1.05. The summed E-state index contributed by atoms with van der Waals surface area (Å²) in [7, 11) is 0. The van der Waals surface area contributed by atoms with Crippen molar-refractivity contribution in [3.05, 3.63) is 29.6 Å². The molecule has 1 N–H and O–H groups in total. The lowest BCUT2D eigenvalue weighted by Crippen LogP contribution is -2.43. The quantitative estimate of drug-likeness (QED) is 0.575. The van der Waals surface area contributed by atoms with Gasteiger partial charge in [0.05, 0.1) is 12.3 Å². The van der Waals surface area contributed by atoms with Crippen molar-refractivity contribution in [2.75, 3.05) is 18.8 Å². The molecule has 0 atom stereocenters. The molecule has 0 aliphatic rings. The maximum atomic E-state index is 13.9. The molecule has 0 unspecified atom stereocenters. The minimum atomic E-state index is -0.527. The molecule has 0 aliphatic carbocycles. The van der Waals surface area contributed by atoms with Crippen LogP contribution in [0.3, 0.4) is 0 Å². The third-order valence-corrected chi connectivity index (χ3v) is 4.24. The molecule has 0 radical (unpaired) electrons. The number of hydrogen-bond donors (Lipinski definition) is 1. The number of ketones is 1. The Morgan fingerprint density at radius 3 is 2.46 bits per heavy atom. The fraction of sp³-hybridized carbons (Fsp3) is 0.471. The number of rotatable bonds is 8. The number of nitrogens with zero attached hydrogens (tertiary/aromatic N) is 1. The molecule has 1 rings (SSSR count). The highest BCUT2D eigenvalue weighted by atomic mass is 32.2. The van der Waals surface area contributed by atoms with Crippen LogP contribution in [0.5, 0.6) is 0 Å². The number of Topliss-reactive ketones (excluding diaryl/α,β-unsaturated/α-hetero) is 1. The first-order valence-electron chi connectivity index (χ1n) is 7.75. The molecule has 2 amide bonds. The lowest BCUT2D eigenvalue weighted by molar-refractivity contribution is -0.134. The Balaban J connectivity index is 2.63. The molecule has 0 saturated carbocycles. The summed E-state index contributed by atoms with van der Waals surface area (Å²) in [6, 6.07) is 4.20.